The zero-order chi connectivity index (χ0) is 9.36. The van der Waals surface area contributed by atoms with Gasteiger partial charge in [0.05, 0.1) is 0 Å². The molecule has 13 heavy (non-hydrogen) atoms. The van der Waals surface area contributed by atoms with Gasteiger partial charge in [0.15, 0.2) is 0 Å². The van der Waals surface area contributed by atoms with Crippen LogP contribution in [0, 0.1) is 0 Å². The lowest BCUT2D eigenvalue weighted by molar-refractivity contribution is 0.349. The molecule has 1 nitrogen and oxygen atoms in total. The van der Waals surface area contributed by atoms with E-state index in [9.17, 15) is 5.11 Å². The lowest BCUT2D eigenvalue weighted by Crippen LogP contribution is -1.83. The van der Waals surface area contributed by atoms with Crippen molar-refractivity contribution in [1.29, 1.82) is 0 Å². The molecule has 1 rings (SSSR count). The summed E-state index contributed by atoms with van der Waals surface area (Å²) in [6.07, 6.45) is 6.86. The maximum atomic E-state index is 9.98. The van der Waals surface area contributed by atoms with Gasteiger partial charge in [-0.2, -0.15) is 0 Å². The molecule has 0 saturated carbocycles. The van der Waals surface area contributed by atoms with Gasteiger partial charge in [-0.1, -0.05) is 30.3 Å². The third-order valence-corrected chi connectivity index (χ3v) is 2.03. The van der Waals surface area contributed by atoms with E-state index in [1.54, 1.807) is 6.08 Å². The third kappa shape index (κ3) is 4.36. The van der Waals surface area contributed by atoms with Crippen molar-refractivity contribution in [2.24, 2.45) is 0 Å². The summed E-state index contributed by atoms with van der Waals surface area (Å²) in [4.78, 5) is 0. The van der Waals surface area contributed by atoms with Crippen molar-refractivity contribution in [2.45, 2.75) is 25.7 Å². The average molecular weight is 175 g/mol. The summed E-state index contributed by atoms with van der Waals surface area (Å²) in [5.41, 5.74) is 1.38. The predicted octanol–water partition coefficient (Wildman–Crippen LogP) is 3.34. The van der Waals surface area contributed by atoms with Crippen LogP contribution in [0.1, 0.15) is 24.8 Å². The second kappa shape index (κ2) is 6.30. The number of unbranched alkanes of at least 4 members (excludes halogenated alkanes) is 2. The van der Waals surface area contributed by atoms with Crippen LogP contribution in [0.3, 0.4) is 0 Å². The minimum atomic E-state index is 0.877. The minimum absolute atomic E-state index is 0.877. The summed E-state index contributed by atoms with van der Waals surface area (Å²) in [6.45, 7) is 0. The van der Waals surface area contributed by atoms with Crippen LogP contribution in [-0.4, -0.2) is 0 Å². The van der Waals surface area contributed by atoms with Crippen LogP contribution in [-0.2, 0) is 11.5 Å². The van der Waals surface area contributed by atoms with Gasteiger partial charge in [-0.15, -0.1) is 0 Å². The van der Waals surface area contributed by atoms with Gasteiger partial charge in [-0.05, 0) is 37.3 Å². The fraction of sp³-hybridized carbons (Fsp3) is 0.333. The lowest BCUT2D eigenvalue weighted by atomic mass is 10.1. The zero-order valence-corrected chi connectivity index (χ0v) is 7.78. The Morgan fingerprint density at radius 2 is 1.85 bits per heavy atom. The van der Waals surface area contributed by atoms with Crippen molar-refractivity contribution >= 4 is 0 Å². The summed E-state index contributed by atoms with van der Waals surface area (Å²) in [5, 5.41) is 9.98. The van der Waals surface area contributed by atoms with E-state index in [1.165, 1.54) is 5.56 Å². The minimum Gasteiger partial charge on any atom is -0.299 e. The fourth-order valence-electron chi connectivity index (χ4n) is 1.30. The Hall–Kier alpha value is -1.24. The van der Waals surface area contributed by atoms with Gasteiger partial charge in [0, 0.05) is 0 Å². The molecule has 0 unspecified atom stereocenters. The monoisotopic (exact) mass is 175 g/mol. The van der Waals surface area contributed by atoms with Gasteiger partial charge in [-0.3, -0.25) is 5.11 Å². The Morgan fingerprint density at radius 3 is 2.54 bits per heavy atom. The van der Waals surface area contributed by atoms with Crippen molar-refractivity contribution in [3.8, 4) is 0 Å². The molecule has 0 atom stereocenters. The Bertz CT molecular complexity index is 239. The van der Waals surface area contributed by atoms with Crippen LogP contribution in [0.5, 0.6) is 0 Å². The number of aryl methyl sites for hydroxylation is 1. The summed E-state index contributed by atoms with van der Waals surface area (Å²) < 4.78 is 0. The normalized spacial score (nSPS) is 10.8. The third-order valence-electron chi connectivity index (χ3n) is 2.03. The Labute approximate surface area is 79.7 Å². The average Bonchev–Trinajstić information content (AvgIpc) is 2.19. The van der Waals surface area contributed by atoms with Gasteiger partial charge < -0.3 is 0 Å². The summed E-state index contributed by atoms with van der Waals surface area (Å²) in [5.74, 6) is 0. The van der Waals surface area contributed by atoms with Crippen molar-refractivity contribution in [3.05, 3.63) is 48.2 Å². The standard InChI is InChI=1S/C12H15O/c13-11-7-2-1-4-8-12-9-5-3-6-10-12/h3,5-7,9-11H,1-2,4,8H2. The molecule has 0 fully saturated rings. The molecule has 0 spiro atoms. The molecular formula is C12H15O. The predicted molar refractivity (Wildman–Crippen MR) is 53.8 cm³/mol. The lowest BCUT2D eigenvalue weighted by Gasteiger charge is -1.98. The van der Waals surface area contributed by atoms with Gasteiger partial charge >= 0.3 is 0 Å². The van der Waals surface area contributed by atoms with Crippen molar-refractivity contribution in [1.82, 2.24) is 0 Å². The Kier molecular flexibility index (Phi) is 4.77. The first-order chi connectivity index (χ1) is 6.43. The van der Waals surface area contributed by atoms with E-state index in [-0.39, 0.29) is 0 Å². The van der Waals surface area contributed by atoms with Gasteiger partial charge in [0.1, 0.15) is 6.26 Å². The van der Waals surface area contributed by atoms with E-state index >= 15 is 0 Å². The van der Waals surface area contributed by atoms with Crippen molar-refractivity contribution < 1.29 is 5.11 Å². The fourth-order valence-corrected chi connectivity index (χ4v) is 1.30. The van der Waals surface area contributed by atoms with Gasteiger partial charge in [0.2, 0.25) is 0 Å². The van der Waals surface area contributed by atoms with Crippen LogP contribution < -0.4 is 0 Å². The van der Waals surface area contributed by atoms with Crippen molar-refractivity contribution in [2.75, 3.05) is 0 Å². The van der Waals surface area contributed by atoms with Crippen LogP contribution in [0.4, 0.5) is 0 Å². The van der Waals surface area contributed by atoms with E-state index in [2.05, 4.69) is 24.3 Å². The van der Waals surface area contributed by atoms with E-state index in [0.29, 0.717) is 0 Å². The molecule has 0 N–H and O–H groups in total. The summed E-state index contributed by atoms with van der Waals surface area (Å²) in [6, 6.07) is 10.4. The van der Waals surface area contributed by atoms with E-state index in [0.717, 1.165) is 31.9 Å². The van der Waals surface area contributed by atoms with Gasteiger partial charge in [-0.25, -0.2) is 0 Å². The molecule has 69 valence electrons. The Balaban J connectivity index is 2.13. The number of allylic oxidation sites excluding steroid dienone is 1. The molecule has 0 aliphatic carbocycles. The SMILES string of the molecule is [O]C=CCCCCc1ccccc1. The van der Waals surface area contributed by atoms with Crippen LogP contribution in [0.15, 0.2) is 42.7 Å². The number of hydrogen-bond donors (Lipinski definition) is 0. The molecule has 1 aromatic carbocycles. The molecule has 0 aromatic heterocycles. The molecule has 1 aromatic rings. The maximum absolute atomic E-state index is 9.98. The first-order valence-corrected chi connectivity index (χ1v) is 4.74. The highest BCUT2D eigenvalue weighted by Gasteiger charge is 1.90. The summed E-state index contributed by atoms with van der Waals surface area (Å²) >= 11 is 0. The molecule has 0 heterocycles. The van der Waals surface area contributed by atoms with Crippen LogP contribution >= 0.6 is 0 Å². The first kappa shape index (κ1) is 9.85. The summed E-state index contributed by atoms with van der Waals surface area (Å²) in [7, 11) is 0. The molecule has 0 saturated heterocycles. The van der Waals surface area contributed by atoms with Crippen LogP contribution in [0.25, 0.3) is 0 Å². The number of hydrogen-bond acceptors (Lipinski definition) is 0. The molecule has 1 radical (unpaired) electrons. The molecule has 0 amide bonds. The zero-order valence-electron chi connectivity index (χ0n) is 7.78. The second-order valence-electron chi connectivity index (χ2n) is 3.10. The molecule has 0 aliphatic rings. The number of rotatable bonds is 5. The second-order valence-corrected chi connectivity index (χ2v) is 3.10. The highest BCUT2D eigenvalue weighted by atomic mass is 16.2. The highest BCUT2D eigenvalue weighted by molar-refractivity contribution is 5.14. The maximum Gasteiger partial charge on any atom is 0.138 e. The quantitative estimate of drug-likeness (QED) is 0.483. The highest BCUT2D eigenvalue weighted by Crippen LogP contribution is 2.06. The molecular weight excluding hydrogens is 160 g/mol. The largest absolute Gasteiger partial charge is 0.299 e. The smallest absolute Gasteiger partial charge is 0.138 e. The molecule has 0 bridgehead atoms. The molecule has 1 heteroatoms. The van der Waals surface area contributed by atoms with Gasteiger partial charge in [0.25, 0.3) is 0 Å². The molecule has 0 aliphatic heterocycles. The van der Waals surface area contributed by atoms with Crippen molar-refractivity contribution in [3.63, 3.8) is 0 Å². The topological polar surface area (TPSA) is 19.9 Å². The number of benzene rings is 1. The first-order valence-electron chi connectivity index (χ1n) is 4.74. The van der Waals surface area contributed by atoms with E-state index in [1.807, 2.05) is 6.07 Å². The van der Waals surface area contributed by atoms with E-state index in [4.69, 9.17) is 0 Å². The van der Waals surface area contributed by atoms with Crippen LogP contribution in [0.2, 0.25) is 0 Å². The Morgan fingerprint density at radius 1 is 1.08 bits per heavy atom. The van der Waals surface area contributed by atoms with E-state index < -0.39 is 0 Å².